The fourth-order valence-electron chi connectivity index (χ4n) is 1.94. The van der Waals surface area contributed by atoms with Gasteiger partial charge in [0.25, 0.3) is 0 Å². The molecule has 0 fully saturated rings. The zero-order valence-electron chi connectivity index (χ0n) is 12.6. The van der Waals surface area contributed by atoms with Gasteiger partial charge >= 0.3 is 0 Å². The molecule has 0 radical (unpaired) electrons. The van der Waals surface area contributed by atoms with Gasteiger partial charge in [0.05, 0.1) is 20.3 Å². The van der Waals surface area contributed by atoms with Crippen LogP contribution in [0.2, 0.25) is 0 Å². The highest BCUT2D eigenvalue weighted by atomic mass is 16.5. The highest BCUT2D eigenvalue weighted by molar-refractivity contribution is 5.76. The van der Waals surface area contributed by atoms with Crippen molar-refractivity contribution in [3.8, 4) is 11.5 Å². The number of hydrogen-bond donors (Lipinski definition) is 1. The van der Waals surface area contributed by atoms with Crippen molar-refractivity contribution in [2.45, 2.75) is 25.8 Å². The van der Waals surface area contributed by atoms with Crippen molar-refractivity contribution in [1.29, 1.82) is 0 Å². The summed E-state index contributed by atoms with van der Waals surface area (Å²) in [4.78, 5) is 11.8. The summed E-state index contributed by atoms with van der Waals surface area (Å²) in [5, 5.41) is 2.95. The van der Waals surface area contributed by atoms with E-state index < -0.39 is 0 Å². The van der Waals surface area contributed by atoms with Crippen LogP contribution in [0.15, 0.2) is 18.2 Å². The summed E-state index contributed by atoms with van der Waals surface area (Å²) in [5.41, 5.74) is 0.924. The zero-order chi connectivity index (χ0) is 15.0. The largest absolute Gasteiger partial charge is 0.497 e. The van der Waals surface area contributed by atoms with E-state index in [0.29, 0.717) is 18.8 Å². The first-order valence-electron chi connectivity index (χ1n) is 6.62. The van der Waals surface area contributed by atoms with Crippen molar-refractivity contribution in [1.82, 2.24) is 5.32 Å². The van der Waals surface area contributed by atoms with Gasteiger partial charge in [-0.2, -0.15) is 0 Å². The molecule has 1 unspecified atom stereocenters. The molecule has 1 aromatic carbocycles. The number of carbonyl (C=O) groups is 1. The lowest BCUT2D eigenvalue weighted by Gasteiger charge is -2.18. The van der Waals surface area contributed by atoms with Crippen LogP contribution in [0, 0.1) is 0 Å². The summed E-state index contributed by atoms with van der Waals surface area (Å²) in [7, 11) is 4.84. The Morgan fingerprint density at radius 3 is 2.60 bits per heavy atom. The molecule has 0 bridgehead atoms. The van der Waals surface area contributed by atoms with Crippen LogP contribution in [0.4, 0.5) is 0 Å². The van der Waals surface area contributed by atoms with Crippen LogP contribution >= 0.6 is 0 Å². The number of carbonyl (C=O) groups excluding carboxylic acids is 1. The molecule has 0 saturated carbocycles. The maximum absolute atomic E-state index is 11.8. The molecular formula is C15H23NO4. The first-order chi connectivity index (χ1) is 9.62. The van der Waals surface area contributed by atoms with Crippen molar-refractivity contribution >= 4 is 5.91 Å². The third kappa shape index (κ3) is 4.74. The number of hydrogen-bond acceptors (Lipinski definition) is 4. The van der Waals surface area contributed by atoms with Crippen LogP contribution in [-0.2, 0) is 9.53 Å². The minimum atomic E-state index is -0.120. The van der Waals surface area contributed by atoms with Crippen LogP contribution in [0.3, 0.4) is 0 Å². The Kier molecular flexibility index (Phi) is 6.87. The highest BCUT2D eigenvalue weighted by Gasteiger charge is 2.14. The molecule has 0 aromatic heterocycles. The van der Waals surface area contributed by atoms with Gasteiger partial charge < -0.3 is 19.5 Å². The first-order valence-corrected chi connectivity index (χ1v) is 6.62. The molecule has 1 atom stereocenters. The Balaban J connectivity index is 2.66. The third-order valence-corrected chi connectivity index (χ3v) is 3.04. The molecule has 1 aromatic rings. The Hall–Kier alpha value is -1.75. The Morgan fingerprint density at radius 2 is 2.00 bits per heavy atom. The van der Waals surface area contributed by atoms with Gasteiger partial charge in [-0.3, -0.25) is 4.79 Å². The second-order valence-electron chi connectivity index (χ2n) is 4.49. The van der Waals surface area contributed by atoms with E-state index in [2.05, 4.69) is 5.32 Å². The lowest BCUT2D eigenvalue weighted by atomic mass is 10.1. The van der Waals surface area contributed by atoms with Crippen molar-refractivity contribution in [2.75, 3.05) is 27.9 Å². The summed E-state index contributed by atoms with van der Waals surface area (Å²) < 4.78 is 15.4. The Bertz CT molecular complexity index is 434. The molecule has 5 heteroatoms. The quantitative estimate of drug-likeness (QED) is 0.743. The van der Waals surface area contributed by atoms with Crippen LogP contribution < -0.4 is 14.8 Å². The van der Waals surface area contributed by atoms with Gasteiger partial charge in [0.15, 0.2) is 0 Å². The zero-order valence-corrected chi connectivity index (χ0v) is 12.6. The topological polar surface area (TPSA) is 56.8 Å². The highest BCUT2D eigenvalue weighted by Crippen LogP contribution is 2.29. The van der Waals surface area contributed by atoms with Crippen molar-refractivity contribution in [2.24, 2.45) is 0 Å². The predicted octanol–water partition coefficient (Wildman–Crippen LogP) is 2.31. The minimum absolute atomic E-state index is 0.00687. The van der Waals surface area contributed by atoms with Crippen molar-refractivity contribution < 1.29 is 19.0 Å². The second kappa shape index (κ2) is 8.43. The molecule has 0 saturated heterocycles. The summed E-state index contributed by atoms with van der Waals surface area (Å²) >= 11 is 0. The van der Waals surface area contributed by atoms with Gasteiger partial charge in [0.1, 0.15) is 11.5 Å². The van der Waals surface area contributed by atoms with Gasteiger partial charge in [-0.05, 0) is 25.5 Å². The monoisotopic (exact) mass is 281 g/mol. The van der Waals surface area contributed by atoms with E-state index in [4.69, 9.17) is 14.2 Å². The smallest absolute Gasteiger partial charge is 0.220 e. The minimum Gasteiger partial charge on any atom is -0.497 e. The second-order valence-corrected chi connectivity index (χ2v) is 4.49. The molecule has 0 aliphatic carbocycles. The van der Waals surface area contributed by atoms with Gasteiger partial charge in [-0.1, -0.05) is 0 Å². The SMILES string of the molecule is COCCCC(=O)NC(C)c1ccc(OC)cc1OC. The fraction of sp³-hybridized carbons (Fsp3) is 0.533. The van der Waals surface area contributed by atoms with Crippen molar-refractivity contribution in [3.05, 3.63) is 23.8 Å². The van der Waals surface area contributed by atoms with Gasteiger partial charge in [0.2, 0.25) is 5.91 Å². The molecule has 5 nitrogen and oxygen atoms in total. The fourth-order valence-corrected chi connectivity index (χ4v) is 1.94. The first kappa shape index (κ1) is 16.3. The van der Waals surface area contributed by atoms with Gasteiger partial charge in [-0.25, -0.2) is 0 Å². The maximum atomic E-state index is 11.8. The van der Waals surface area contributed by atoms with E-state index in [9.17, 15) is 4.79 Å². The Morgan fingerprint density at radius 1 is 1.25 bits per heavy atom. The van der Waals surface area contributed by atoms with E-state index in [1.807, 2.05) is 25.1 Å². The summed E-state index contributed by atoms with van der Waals surface area (Å²) in [6.07, 6.45) is 1.17. The van der Waals surface area contributed by atoms with Crippen LogP contribution in [0.1, 0.15) is 31.4 Å². The number of rotatable bonds is 8. The maximum Gasteiger partial charge on any atom is 0.220 e. The third-order valence-electron chi connectivity index (χ3n) is 3.04. The van der Waals surface area contributed by atoms with Crippen LogP contribution in [0.5, 0.6) is 11.5 Å². The predicted molar refractivity (Wildman–Crippen MR) is 77.2 cm³/mol. The summed E-state index contributed by atoms with van der Waals surface area (Å²) in [5.74, 6) is 1.44. The standard InChI is InChI=1S/C15H23NO4/c1-11(16-15(17)6-5-9-18-2)13-8-7-12(19-3)10-14(13)20-4/h7-8,10-11H,5-6,9H2,1-4H3,(H,16,17). The Labute approximate surface area is 120 Å². The molecule has 112 valence electrons. The van der Waals surface area contributed by atoms with Gasteiger partial charge in [-0.15, -0.1) is 0 Å². The average molecular weight is 281 g/mol. The number of amides is 1. The van der Waals surface area contributed by atoms with E-state index in [0.717, 1.165) is 17.7 Å². The molecule has 20 heavy (non-hydrogen) atoms. The molecule has 0 heterocycles. The number of ether oxygens (including phenoxy) is 3. The molecule has 0 aliphatic heterocycles. The van der Waals surface area contributed by atoms with Crippen LogP contribution in [-0.4, -0.2) is 33.8 Å². The molecule has 0 aliphatic rings. The van der Waals surface area contributed by atoms with E-state index >= 15 is 0 Å². The number of methoxy groups -OCH3 is 3. The molecule has 0 spiro atoms. The van der Waals surface area contributed by atoms with Crippen molar-refractivity contribution in [3.63, 3.8) is 0 Å². The number of benzene rings is 1. The van der Waals surface area contributed by atoms with E-state index in [-0.39, 0.29) is 11.9 Å². The lowest BCUT2D eigenvalue weighted by molar-refractivity contribution is -0.122. The number of nitrogens with one attached hydrogen (secondary N) is 1. The summed E-state index contributed by atoms with van der Waals surface area (Å²) in [6.45, 7) is 2.52. The molecular weight excluding hydrogens is 258 g/mol. The molecule has 1 amide bonds. The van der Waals surface area contributed by atoms with Gasteiger partial charge in [0, 0.05) is 31.8 Å². The normalized spacial score (nSPS) is 11.8. The molecule has 1 rings (SSSR count). The van der Waals surface area contributed by atoms with E-state index in [1.165, 1.54) is 0 Å². The summed E-state index contributed by atoms with van der Waals surface area (Å²) in [6, 6.07) is 5.44. The van der Waals surface area contributed by atoms with E-state index in [1.54, 1.807) is 21.3 Å². The lowest BCUT2D eigenvalue weighted by Crippen LogP contribution is -2.26. The molecule has 1 N–H and O–H groups in total. The van der Waals surface area contributed by atoms with Crippen LogP contribution in [0.25, 0.3) is 0 Å². The average Bonchev–Trinajstić information content (AvgIpc) is 2.46.